The van der Waals surface area contributed by atoms with E-state index < -0.39 is 24.8 Å². The summed E-state index contributed by atoms with van der Waals surface area (Å²) in [6.07, 6.45) is -4.39. The Bertz CT molecular complexity index is 394. The van der Waals surface area contributed by atoms with Crippen molar-refractivity contribution in [3.8, 4) is 0 Å². The van der Waals surface area contributed by atoms with Gasteiger partial charge in [-0.25, -0.2) is 4.98 Å². The minimum Gasteiger partial charge on any atom is -0.480 e. The van der Waals surface area contributed by atoms with Gasteiger partial charge in [-0.05, 0) is 0 Å². The molecule has 0 fully saturated rings. The molecule has 9 heteroatoms. The number of nitrogens with zero attached hydrogens (tertiary/aromatic N) is 1. The topological polar surface area (TPSA) is 85.4 Å². The van der Waals surface area contributed by atoms with E-state index in [0.717, 1.165) is 11.3 Å². The van der Waals surface area contributed by atoms with Gasteiger partial charge in [-0.1, -0.05) is 0 Å². The molecule has 1 rings (SSSR count). The minimum absolute atomic E-state index is 0.105. The monoisotopic (exact) mass is 270 g/mol. The Morgan fingerprint density at radius 3 is 2.82 bits per heavy atom. The van der Waals surface area contributed by atoms with Crippen molar-refractivity contribution in [2.24, 2.45) is 5.73 Å². The summed E-state index contributed by atoms with van der Waals surface area (Å²) >= 11 is 0.999. The number of hydrogen-bond donors (Lipinski definition) is 2. The van der Waals surface area contributed by atoms with Gasteiger partial charge < -0.3 is 15.6 Å². The van der Waals surface area contributed by atoms with Gasteiger partial charge in [0.2, 0.25) is 0 Å². The molecule has 1 aromatic heterocycles. The number of thiazole rings is 1. The van der Waals surface area contributed by atoms with E-state index in [1.165, 1.54) is 5.38 Å². The van der Waals surface area contributed by atoms with Crippen LogP contribution in [0.3, 0.4) is 0 Å². The zero-order chi connectivity index (χ0) is 13.1. The zero-order valence-corrected chi connectivity index (χ0v) is 9.22. The summed E-state index contributed by atoms with van der Waals surface area (Å²) in [7, 11) is 0. The summed E-state index contributed by atoms with van der Waals surface area (Å²) in [5.74, 6) is -1.25. The number of aromatic nitrogens is 1. The third kappa shape index (κ3) is 4.67. The van der Waals surface area contributed by atoms with Gasteiger partial charge in [0.05, 0.1) is 12.3 Å². The van der Waals surface area contributed by atoms with Crippen LogP contribution in [0.15, 0.2) is 5.38 Å². The Balaban J connectivity index is 2.49. The number of aliphatic carboxylic acids is 1. The molecule has 0 spiro atoms. The highest BCUT2D eigenvalue weighted by molar-refractivity contribution is 7.09. The molecule has 0 bridgehead atoms. The van der Waals surface area contributed by atoms with Crippen LogP contribution in [0.25, 0.3) is 0 Å². The van der Waals surface area contributed by atoms with E-state index >= 15 is 0 Å². The Morgan fingerprint density at radius 2 is 2.29 bits per heavy atom. The molecule has 0 saturated heterocycles. The first-order valence-corrected chi connectivity index (χ1v) is 5.25. The number of ether oxygens (including phenoxy) is 1. The van der Waals surface area contributed by atoms with Crippen LogP contribution in [0, 0.1) is 0 Å². The fraction of sp³-hybridized carbons (Fsp3) is 0.500. The highest BCUT2D eigenvalue weighted by Crippen LogP contribution is 2.18. The molecule has 5 nitrogen and oxygen atoms in total. The number of nitrogens with two attached hydrogens (primary N) is 1. The normalized spacial score (nSPS) is 13.6. The van der Waals surface area contributed by atoms with Crippen molar-refractivity contribution in [1.82, 2.24) is 4.98 Å². The van der Waals surface area contributed by atoms with E-state index in [2.05, 4.69) is 9.72 Å². The standard InChI is InChI=1S/C8H9F3N2O3S/c9-8(10,11)3-16-1-5-13-4(2-17-5)6(12)7(14)15/h2,6H,1,3,12H2,(H,14,15). The first-order valence-electron chi connectivity index (χ1n) is 4.37. The number of rotatable bonds is 5. The number of carbonyl (C=O) groups is 1. The quantitative estimate of drug-likeness (QED) is 0.842. The predicted molar refractivity (Wildman–Crippen MR) is 52.4 cm³/mol. The molecule has 1 heterocycles. The van der Waals surface area contributed by atoms with Crippen LogP contribution < -0.4 is 5.73 Å². The Morgan fingerprint density at radius 1 is 1.65 bits per heavy atom. The lowest BCUT2D eigenvalue weighted by Gasteiger charge is -2.05. The number of halogens is 3. The van der Waals surface area contributed by atoms with Gasteiger partial charge in [0.25, 0.3) is 0 Å². The van der Waals surface area contributed by atoms with Gasteiger partial charge in [-0.15, -0.1) is 11.3 Å². The average molecular weight is 270 g/mol. The first-order chi connectivity index (χ1) is 7.79. The van der Waals surface area contributed by atoms with Gasteiger partial charge in [0, 0.05) is 5.38 Å². The second-order valence-corrected chi connectivity index (χ2v) is 4.03. The maximum Gasteiger partial charge on any atom is 0.411 e. The van der Waals surface area contributed by atoms with E-state index in [-0.39, 0.29) is 17.3 Å². The van der Waals surface area contributed by atoms with Crippen molar-refractivity contribution in [2.45, 2.75) is 18.8 Å². The molecule has 1 unspecified atom stereocenters. The van der Waals surface area contributed by atoms with Gasteiger partial charge >= 0.3 is 12.1 Å². The largest absolute Gasteiger partial charge is 0.480 e. The average Bonchev–Trinajstić information content (AvgIpc) is 2.63. The minimum atomic E-state index is -4.39. The molecule has 1 atom stereocenters. The Labute approximate surface area is 98.0 Å². The van der Waals surface area contributed by atoms with Crippen LogP contribution in [0.2, 0.25) is 0 Å². The summed E-state index contributed by atoms with van der Waals surface area (Å²) in [4.78, 5) is 14.3. The lowest BCUT2D eigenvalue weighted by atomic mass is 10.2. The van der Waals surface area contributed by atoms with Crippen LogP contribution in [-0.4, -0.2) is 28.8 Å². The molecule has 0 saturated carbocycles. The summed E-state index contributed by atoms with van der Waals surface area (Å²) in [5, 5.41) is 10.2. The van der Waals surface area contributed by atoms with E-state index in [1.807, 2.05) is 0 Å². The van der Waals surface area contributed by atoms with E-state index in [0.29, 0.717) is 0 Å². The van der Waals surface area contributed by atoms with Crippen LogP contribution in [-0.2, 0) is 16.1 Å². The Kier molecular flexibility index (Phi) is 4.43. The molecule has 1 aromatic rings. The smallest absolute Gasteiger partial charge is 0.411 e. The second kappa shape index (κ2) is 5.43. The van der Waals surface area contributed by atoms with Gasteiger partial charge in [-0.3, -0.25) is 4.79 Å². The van der Waals surface area contributed by atoms with Crippen LogP contribution in [0.5, 0.6) is 0 Å². The van der Waals surface area contributed by atoms with Crippen molar-refractivity contribution in [2.75, 3.05) is 6.61 Å². The second-order valence-electron chi connectivity index (χ2n) is 3.09. The molecule has 0 radical (unpaired) electrons. The number of carboxylic acids is 1. The number of carboxylic acid groups (broad SMARTS) is 1. The first kappa shape index (κ1) is 13.9. The summed E-state index contributed by atoms with van der Waals surface area (Å²) < 4.78 is 39.6. The summed E-state index contributed by atoms with van der Waals surface area (Å²) in [6, 6.07) is -1.28. The van der Waals surface area contributed by atoms with Crippen molar-refractivity contribution in [3.63, 3.8) is 0 Å². The molecule has 17 heavy (non-hydrogen) atoms. The Hall–Kier alpha value is -1.19. The fourth-order valence-electron chi connectivity index (χ4n) is 0.915. The molecular formula is C8H9F3N2O3S. The lowest BCUT2D eigenvalue weighted by Crippen LogP contribution is -2.21. The van der Waals surface area contributed by atoms with Crippen LogP contribution >= 0.6 is 11.3 Å². The summed E-state index contributed by atoms with van der Waals surface area (Å²) in [6.45, 7) is -1.69. The summed E-state index contributed by atoms with van der Waals surface area (Å²) in [5.41, 5.74) is 5.38. The van der Waals surface area contributed by atoms with Gasteiger partial charge in [0.1, 0.15) is 17.7 Å². The third-order valence-electron chi connectivity index (χ3n) is 1.65. The maximum absolute atomic E-state index is 11.8. The van der Waals surface area contributed by atoms with Crippen molar-refractivity contribution < 1.29 is 27.8 Å². The van der Waals surface area contributed by atoms with Crippen LogP contribution in [0.1, 0.15) is 16.7 Å². The number of hydrogen-bond acceptors (Lipinski definition) is 5. The SMILES string of the molecule is NC(C(=O)O)c1csc(COCC(F)(F)F)n1. The third-order valence-corrected chi connectivity index (χ3v) is 2.49. The van der Waals surface area contributed by atoms with Crippen LogP contribution in [0.4, 0.5) is 13.2 Å². The van der Waals surface area contributed by atoms with Crippen molar-refractivity contribution >= 4 is 17.3 Å². The molecule has 0 aromatic carbocycles. The van der Waals surface area contributed by atoms with E-state index in [4.69, 9.17) is 10.8 Å². The zero-order valence-electron chi connectivity index (χ0n) is 8.40. The highest BCUT2D eigenvalue weighted by Gasteiger charge is 2.27. The molecule has 96 valence electrons. The molecule has 0 amide bonds. The van der Waals surface area contributed by atoms with Crippen molar-refractivity contribution in [3.05, 3.63) is 16.1 Å². The van der Waals surface area contributed by atoms with E-state index in [9.17, 15) is 18.0 Å². The molecule has 3 N–H and O–H groups in total. The molecule has 0 aliphatic heterocycles. The van der Waals surface area contributed by atoms with E-state index in [1.54, 1.807) is 0 Å². The fourth-order valence-corrected chi connectivity index (χ4v) is 1.68. The highest BCUT2D eigenvalue weighted by atomic mass is 32.1. The molecular weight excluding hydrogens is 261 g/mol. The van der Waals surface area contributed by atoms with Gasteiger partial charge in [-0.2, -0.15) is 13.2 Å². The molecule has 0 aliphatic rings. The number of alkyl halides is 3. The molecule has 0 aliphatic carbocycles. The maximum atomic E-state index is 11.8. The predicted octanol–water partition coefficient (Wildman–Crippen LogP) is 1.31. The van der Waals surface area contributed by atoms with Gasteiger partial charge in [0.15, 0.2) is 0 Å². The lowest BCUT2D eigenvalue weighted by molar-refractivity contribution is -0.176. The van der Waals surface area contributed by atoms with Crippen molar-refractivity contribution in [1.29, 1.82) is 0 Å².